The molecule has 4 nitrogen and oxygen atoms in total. The van der Waals surface area contributed by atoms with Crippen LogP contribution in [0.25, 0.3) is 0 Å². The van der Waals surface area contributed by atoms with Crippen LogP contribution in [0.1, 0.15) is 88.8 Å². The molecule has 2 aromatic carbocycles. The van der Waals surface area contributed by atoms with Gasteiger partial charge in [0.15, 0.2) is 0 Å². The van der Waals surface area contributed by atoms with Crippen molar-refractivity contribution >= 4 is 5.97 Å². The molecular formula is C30H26F3NO3. The van der Waals surface area contributed by atoms with Crippen LogP contribution >= 0.6 is 0 Å². The fourth-order valence-electron chi connectivity index (χ4n) is 7.31. The van der Waals surface area contributed by atoms with Crippen LogP contribution in [0.2, 0.25) is 0 Å². The van der Waals surface area contributed by atoms with Gasteiger partial charge in [0.05, 0.1) is 11.5 Å². The molecule has 2 fully saturated rings. The number of aromatic nitrogens is 1. The molecule has 4 aliphatic rings. The molecule has 2 bridgehead atoms. The normalized spacial score (nSPS) is 26.2. The molecule has 7 rings (SSSR count). The van der Waals surface area contributed by atoms with Gasteiger partial charge in [0.1, 0.15) is 6.61 Å². The highest BCUT2D eigenvalue weighted by atomic mass is 19.4. The third-order valence-corrected chi connectivity index (χ3v) is 9.20. The summed E-state index contributed by atoms with van der Waals surface area (Å²) in [5, 5.41) is 9.47. The summed E-state index contributed by atoms with van der Waals surface area (Å²) in [6, 6.07) is 14.0. The highest BCUT2D eigenvalue weighted by molar-refractivity contribution is 5.73. The summed E-state index contributed by atoms with van der Waals surface area (Å²) < 4.78 is 47.5. The van der Waals surface area contributed by atoms with Crippen LogP contribution in [0.5, 0.6) is 5.88 Å². The lowest BCUT2D eigenvalue weighted by molar-refractivity contribution is -0.142. The number of rotatable bonds is 5. The number of carboxylic acids is 1. The van der Waals surface area contributed by atoms with E-state index in [1.54, 1.807) is 18.3 Å². The first-order valence-corrected chi connectivity index (χ1v) is 12.9. The molecule has 0 radical (unpaired) electrons. The second kappa shape index (κ2) is 7.83. The molecule has 7 heteroatoms. The van der Waals surface area contributed by atoms with Gasteiger partial charge in [0.25, 0.3) is 0 Å². The third-order valence-electron chi connectivity index (χ3n) is 9.20. The Morgan fingerprint density at radius 1 is 1.03 bits per heavy atom. The van der Waals surface area contributed by atoms with Gasteiger partial charge in [-0.2, -0.15) is 13.2 Å². The summed E-state index contributed by atoms with van der Waals surface area (Å²) in [6.45, 7) is 0.269. The lowest BCUT2D eigenvalue weighted by atomic mass is 9.85. The van der Waals surface area contributed by atoms with E-state index in [1.165, 1.54) is 17.7 Å². The molecule has 0 saturated heterocycles. The van der Waals surface area contributed by atoms with Crippen molar-refractivity contribution in [3.05, 3.63) is 93.7 Å². The van der Waals surface area contributed by atoms with Crippen molar-refractivity contribution in [3.63, 3.8) is 0 Å². The number of benzene rings is 2. The average molecular weight is 506 g/mol. The molecule has 1 aromatic heterocycles. The van der Waals surface area contributed by atoms with E-state index >= 15 is 0 Å². The van der Waals surface area contributed by atoms with Gasteiger partial charge < -0.3 is 9.84 Å². The molecule has 190 valence electrons. The second-order valence-corrected chi connectivity index (χ2v) is 11.2. The Kier molecular flexibility index (Phi) is 4.83. The van der Waals surface area contributed by atoms with E-state index in [0.29, 0.717) is 24.3 Å². The fourth-order valence-corrected chi connectivity index (χ4v) is 7.31. The molecular weight excluding hydrogens is 479 g/mol. The number of pyridine rings is 1. The maximum atomic E-state index is 13.8. The number of fused-ring (bicyclic) bond motifs is 7. The van der Waals surface area contributed by atoms with Crippen LogP contribution in [0.4, 0.5) is 13.2 Å². The van der Waals surface area contributed by atoms with Crippen molar-refractivity contribution in [2.75, 3.05) is 0 Å². The van der Waals surface area contributed by atoms with Crippen molar-refractivity contribution in [2.24, 2.45) is 5.92 Å². The maximum absolute atomic E-state index is 13.8. The Bertz CT molecular complexity index is 1430. The van der Waals surface area contributed by atoms with Crippen LogP contribution in [-0.4, -0.2) is 16.1 Å². The molecule has 1 N–H and O–H groups in total. The topological polar surface area (TPSA) is 59.4 Å². The van der Waals surface area contributed by atoms with Crippen molar-refractivity contribution in [2.45, 2.75) is 68.1 Å². The Hall–Kier alpha value is -3.35. The first-order valence-electron chi connectivity index (χ1n) is 12.9. The van der Waals surface area contributed by atoms with E-state index in [9.17, 15) is 23.1 Å². The van der Waals surface area contributed by atoms with Crippen molar-refractivity contribution in [1.29, 1.82) is 0 Å². The SMILES string of the molecule is O=C(O)[C@H]1CC2C[C@@H]1c1cnc(OCc3ccc4c(c3)C(c3ccccc3C(F)(F)F)CC43CC3)cc12. The summed E-state index contributed by atoms with van der Waals surface area (Å²) in [4.78, 5) is 16.0. The van der Waals surface area contributed by atoms with Gasteiger partial charge in [-0.25, -0.2) is 4.98 Å². The first-order chi connectivity index (χ1) is 17.7. The number of halogens is 3. The molecule has 1 spiro atoms. The van der Waals surface area contributed by atoms with E-state index < -0.39 is 17.7 Å². The monoisotopic (exact) mass is 505 g/mol. The standard InChI is InChI=1S/C30H26F3NO3/c31-30(32,33)26-4-2-1-3-18(26)23-13-29(7-8-29)25-6-5-16(9-21(23)25)15-37-27-12-19-17-10-20(24(19)14-34-27)22(11-17)28(35)36/h1-6,9,12,14,17,20,22-23H,7-8,10-11,13,15H2,(H,35,36)/t17?,20-,22-,23?/m0/s1. The number of alkyl halides is 3. The zero-order valence-corrected chi connectivity index (χ0v) is 20.1. The second-order valence-electron chi connectivity index (χ2n) is 11.2. The molecule has 4 atom stereocenters. The summed E-state index contributed by atoms with van der Waals surface area (Å²) in [5.41, 5.74) is 5.04. The molecule has 0 amide bonds. The lowest BCUT2D eigenvalue weighted by Crippen LogP contribution is -2.20. The number of carbonyl (C=O) groups is 1. The highest BCUT2D eigenvalue weighted by Crippen LogP contribution is 2.63. The van der Waals surface area contributed by atoms with Gasteiger partial charge in [-0.1, -0.05) is 36.4 Å². The minimum Gasteiger partial charge on any atom is -0.481 e. The predicted octanol–water partition coefficient (Wildman–Crippen LogP) is 6.92. The number of hydrogen-bond acceptors (Lipinski definition) is 3. The van der Waals surface area contributed by atoms with Crippen LogP contribution in [0, 0.1) is 5.92 Å². The number of ether oxygens (including phenoxy) is 1. The number of carboxylic acid groups (broad SMARTS) is 1. The number of hydrogen-bond donors (Lipinski definition) is 1. The smallest absolute Gasteiger partial charge is 0.416 e. The molecule has 2 saturated carbocycles. The molecule has 0 aliphatic heterocycles. The Labute approximate surface area is 212 Å². The van der Waals surface area contributed by atoms with Crippen LogP contribution in [-0.2, 0) is 23.0 Å². The van der Waals surface area contributed by atoms with Gasteiger partial charge in [-0.3, -0.25) is 4.79 Å². The number of aliphatic carboxylic acids is 1. The third kappa shape index (κ3) is 3.57. The van der Waals surface area contributed by atoms with E-state index in [1.807, 2.05) is 18.2 Å². The van der Waals surface area contributed by atoms with Gasteiger partial charge in [0, 0.05) is 18.2 Å². The zero-order chi connectivity index (χ0) is 25.5. The van der Waals surface area contributed by atoms with Gasteiger partial charge in [0.2, 0.25) is 5.88 Å². The lowest BCUT2D eigenvalue weighted by Gasteiger charge is -2.21. The summed E-state index contributed by atoms with van der Waals surface area (Å²) in [5.74, 6) is -0.595. The van der Waals surface area contributed by atoms with Crippen molar-refractivity contribution in [3.8, 4) is 5.88 Å². The minimum absolute atomic E-state index is 0.00671. The summed E-state index contributed by atoms with van der Waals surface area (Å²) in [6.07, 6.45) is 1.63. The van der Waals surface area contributed by atoms with Crippen LogP contribution in [0.15, 0.2) is 54.7 Å². The summed E-state index contributed by atoms with van der Waals surface area (Å²) in [7, 11) is 0. The van der Waals surface area contributed by atoms with E-state index in [0.717, 1.165) is 41.5 Å². The van der Waals surface area contributed by atoms with Gasteiger partial charge in [-0.15, -0.1) is 0 Å². The molecule has 1 heterocycles. The van der Waals surface area contributed by atoms with E-state index in [2.05, 4.69) is 11.1 Å². The van der Waals surface area contributed by atoms with Crippen LogP contribution in [0.3, 0.4) is 0 Å². The maximum Gasteiger partial charge on any atom is 0.416 e. The predicted molar refractivity (Wildman–Crippen MR) is 130 cm³/mol. The Balaban J connectivity index is 1.15. The molecule has 3 aromatic rings. The van der Waals surface area contributed by atoms with Crippen molar-refractivity contribution < 1.29 is 27.8 Å². The fraction of sp³-hybridized carbons (Fsp3) is 0.400. The summed E-state index contributed by atoms with van der Waals surface area (Å²) >= 11 is 0. The highest BCUT2D eigenvalue weighted by Gasteiger charge is 2.53. The zero-order valence-electron chi connectivity index (χ0n) is 20.1. The van der Waals surface area contributed by atoms with E-state index in [4.69, 9.17) is 4.74 Å². The van der Waals surface area contributed by atoms with Crippen LogP contribution < -0.4 is 4.74 Å². The van der Waals surface area contributed by atoms with E-state index in [-0.39, 0.29) is 35.7 Å². The molecule has 37 heavy (non-hydrogen) atoms. The Morgan fingerprint density at radius 3 is 2.59 bits per heavy atom. The van der Waals surface area contributed by atoms with Gasteiger partial charge >= 0.3 is 12.1 Å². The van der Waals surface area contributed by atoms with Crippen molar-refractivity contribution in [1.82, 2.24) is 4.98 Å². The molecule has 2 unspecified atom stereocenters. The quantitative estimate of drug-likeness (QED) is 0.409. The molecule has 4 aliphatic carbocycles. The number of nitrogens with zero attached hydrogens (tertiary/aromatic N) is 1. The first kappa shape index (κ1) is 22.8. The minimum atomic E-state index is -4.39. The average Bonchev–Trinajstić information content (AvgIpc) is 3.25. The Morgan fingerprint density at radius 2 is 1.84 bits per heavy atom. The largest absolute Gasteiger partial charge is 0.481 e. The van der Waals surface area contributed by atoms with Gasteiger partial charge in [-0.05, 0) is 88.8 Å².